The third-order valence-electron chi connectivity index (χ3n) is 3.40. The molecule has 0 unspecified atom stereocenters. The average molecular weight is 277 g/mol. The Bertz CT molecular complexity index is 508. The van der Waals surface area contributed by atoms with Crippen molar-refractivity contribution in [3.63, 3.8) is 0 Å². The van der Waals surface area contributed by atoms with Crippen molar-refractivity contribution in [1.82, 2.24) is 4.90 Å². The zero-order chi connectivity index (χ0) is 15.3. The van der Waals surface area contributed by atoms with Gasteiger partial charge in [0.1, 0.15) is 5.54 Å². The second-order valence-corrected chi connectivity index (χ2v) is 5.11. The van der Waals surface area contributed by atoms with Crippen molar-refractivity contribution in [1.29, 1.82) is 0 Å². The van der Waals surface area contributed by atoms with Crippen LogP contribution >= 0.6 is 0 Å². The van der Waals surface area contributed by atoms with Gasteiger partial charge in [0.25, 0.3) is 0 Å². The van der Waals surface area contributed by atoms with E-state index in [4.69, 9.17) is 5.11 Å². The van der Waals surface area contributed by atoms with Crippen LogP contribution in [0.1, 0.15) is 37.0 Å². The maximum Gasteiger partial charge on any atom is 0.329 e. The molecule has 1 aromatic carbocycles. The minimum Gasteiger partial charge on any atom is -0.480 e. The van der Waals surface area contributed by atoms with Crippen LogP contribution in [0.15, 0.2) is 30.3 Å². The minimum atomic E-state index is -1.28. The molecule has 0 heterocycles. The molecule has 1 amide bonds. The molecule has 0 aliphatic rings. The van der Waals surface area contributed by atoms with Crippen LogP contribution in [0.4, 0.5) is 0 Å². The van der Waals surface area contributed by atoms with Gasteiger partial charge in [-0.05, 0) is 13.8 Å². The summed E-state index contributed by atoms with van der Waals surface area (Å²) in [5.74, 6) is -1.56. The normalized spacial score (nSPS) is 10.9. The van der Waals surface area contributed by atoms with Crippen LogP contribution in [0.2, 0.25) is 0 Å². The molecule has 20 heavy (non-hydrogen) atoms. The Hall–Kier alpha value is -2.17. The first-order chi connectivity index (χ1) is 9.26. The highest BCUT2D eigenvalue weighted by Gasteiger charge is 2.34. The molecule has 5 nitrogen and oxygen atoms in total. The van der Waals surface area contributed by atoms with Crippen molar-refractivity contribution in [3.05, 3.63) is 35.9 Å². The first kappa shape index (κ1) is 15.9. The number of Topliss-reactive ketones (excluding diaryl/α,β-unsaturated/α-hetero) is 1. The molecule has 1 aromatic rings. The third-order valence-corrected chi connectivity index (χ3v) is 3.40. The zero-order valence-corrected chi connectivity index (χ0v) is 11.9. The molecule has 0 bridgehead atoms. The summed E-state index contributed by atoms with van der Waals surface area (Å²) in [6.07, 6.45) is 0.0732. The quantitative estimate of drug-likeness (QED) is 0.807. The Morgan fingerprint density at radius 3 is 2.15 bits per heavy atom. The van der Waals surface area contributed by atoms with Gasteiger partial charge in [-0.15, -0.1) is 0 Å². The number of aliphatic carboxylic acids is 1. The molecule has 0 aliphatic heterocycles. The summed E-state index contributed by atoms with van der Waals surface area (Å²) in [4.78, 5) is 36.0. The van der Waals surface area contributed by atoms with Gasteiger partial charge in [0.15, 0.2) is 5.78 Å². The van der Waals surface area contributed by atoms with E-state index in [1.165, 1.54) is 20.9 Å². The van der Waals surface area contributed by atoms with Crippen molar-refractivity contribution in [2.75, 3.05) is 7.05 Å². The molecular weight excluding hydrogens is 258 g/mol. The van der Waals surface area contributed by atoms with E-state index in [0.717, 1.165) is 4.90 Å². The van der Waals surface area contributed by atoms with Gasteiger partial charge in [0.2, 0.25) is 5.91 Å². The minimum absolute atomic E-state index is 0.000930. The van der Waals surface area contributed by atoms with Gasteiger partial charge in [-0.25, -0.2) is 4.79 Å². The van der Waals surface area contributed by atoms with Gasteiger partial charge in [0.05, 0.1) is 0 Å². The summed E-state index contributed by atoms with van der Waals surface area (Å²) in [5.41, 5.74) is -0.729. The molecule has 0 atom stereocenters. The number of amides is 1. The molecule has 0 aliphatic carbocycles. The van der Waals surface area contributed by atoms with Gasteiger partial charge >= 0.3 is 5.97 Å². The summed E-state index contributed by atoms with van der Waals surface area (Å²) < 4.78 is 0. The van der Waals surface area contributed by atoms with Crippen LogP contribution in [-0.4, -0.2) is 40.3 Å². The molecule has 1 N–H and O–H groups in total. The van der Waals surface area contributed by atoms with E-state index in [9.17, 15) is 14.4 Å². The predicted octanol–water partition coefficient (Wildman–Crippen LogP) is 1.97. The Morgan fingerprint density at radius 2 is 1.65 bits per heavy atom. The van der Waals surface area contributed by atoms with Crippen LogP contribution < -0.4 is 0 Å². The lowest BCUT2D eigenvalue weighted by molar-refractivity contribution is -0.155. The monoisotopic (exact) mass is 277 g/mol. The molecule has 108 valence electrons. The molecule has 1 rings (SSSR count). The Morgan fingerprint density at radius 1 is 1.10 bits per heavy atom. The van der Waals surface area contributed by atoms with Crippen LogP contribution in [0.5, 0.6) is 0 Å². The highest BCUT2D eigenvalue weighted by atomic mass is 16.4. The average Bonchev–Trinajstić information content (AvgIpc) is 2.44. The van der Waals surface area contributed by atoms with Crippen LogP contribution in [0.3, 0.4) is 0 Å². The predicted molar refractivity (Wildman–Crippen MR) is 74.5 cm³/mol. The molecule has 0 radical (unpaired) electrons. The maximum atomic E-state index is 11.9. The van der Waals surface area contributed by atoms with Crippen LogP contribution in [0, 0.1) is 0 Å². The summed E-state index contributed by atoms with van der Waals surface area (Å²) >= 11 is 0. The summed E-state index contributed by atoms with van der Waals surface area (Å²) in [5, 5.41) is 9.06. The highest BCUT2D eigenvalue weighted by Crippen LogP contribution is 2.15. The fourth-order valence-corrected chi connectivity index (χ4v) is 1.61. The second kappa shape index (κ2) is 6.32. The van der Waals surface area contributed by atoms with Crippen molar-refractivity contribution in [3.8, 4) is 0 Å². The zero-order valence-electron chi connectivity index (χ0n) is 11.9. The second-order valence-electron chi connectivity index (χ2n) is 5.11. The largest absolute Gasteiger partial charge is 0.480 e. The third kappa shape index (κ3) is 3.66. The van der Waals surface area contributed by atoms with Gasteiger partial charge in [0, 0.05) is 25.5 Å². The number of carboxylic acids is 1. The fraction of sp³-hybridized carbons (Fsp3) is 0.400. The number of hydrogen-bond acceptors (Lipinski definition) is 3. The molecule has 0 aromatic heterocycles. The maximum absolute atomic E-state index is 11.9. The summed E-state index contributed by atoms with van der Waals surface area (Å²) in [6, 6.07) is 8.71. The standard InChI is InChI=1S/C15H19NO4/c1-15(2,14(19)20)16(3)13(18)10-9-12(17)11-7-5-4-6-8-11/h4-8H,9-10H2,1-3H3,(H,19,20). The molecule has 0 fully saturated rings. The number of carboxylic acid groups (broad SMARTS) is 1. The first-order valence-corrected chi connectivity index (χ1v) is 6.35. The molecule has 0 saturated heterocycles. The number of rotatable bonds is 6. The Balaban J connectivity index is 2.60. The lowest BCUT2D eigenvalue weighted by atomic mass is 10.0. The van der Waals surface area contributed by atoms with E-state index in [2.05, 4.69) is 0 Å². The van der Waals surface area contributed by atoms with Gasteiger partial charge in [-0.1, -0.05) is 30.3 Å². The van der Waals surface area contributed by atoms with Gasteiger partial charge in [-0.2, -0.15) is 0 Å². The van der Waals surface area contributed by atoms with Crippen molar-refractivity contribution in [2.45, 2.75) is 32.2 Å². The topological polar surface area (TPSA) is 74.7 Å². The molecular formula is C15H19NO4. The Kier molecular flexibility index (Phi) is 5.02. The van der Waals surface area contributed by atoms with Crippen molar-refractivity contribution < 1.29 is 19.5 Å². The van der Waals surface area contributed by atoms with E-state index < -0.39 is 11.5 Å². The first-order valence-electron chi connectivity index (χ1n) is 6.35. The van der Waals surface area contributed by atoms with Crippen molar-refractivity contribution in [2.24, 2.45) is 0 Å². The smallest absolute Gasteiger partial charge is 0.329 e. The molecule has 0 spiro atoms. The Labute approximate surface area is 118 Å². The van der Waals surface area contributed by atoms with Gasteiger partial charge < -0.3 is 10.0 Å². The SMILES string of the molecule is CN(C(=O)CCC(=O)c1ccccc1)C(C)(C)C(=O)O. The van der Waals surface area contributed by atoms with Gasteiger partial charge in [-0.3, -0.25) is 9.59 Å². The number of carbonyl (C=O) groups is 3. The highest BCUT2D eigenvalue weighted by molar-refractivity contribution is 5.98. The number of nitrogens with zero attached hydrogens (tertiary/aromatic N) is 1. The molecule has 5 heteroatoms. The van der Waals surface area contributed by atoms with Crippen molar-refractivity contribution >= 4 is 17.7 Å². The summed E-state index contributed by atoms with van der Waals surface area (Å²) in [7, 11) is 1.43. The van der Waals surface area contributed by atoms with E-state index in [-0.39, 0.29) is 24.5 Å². The lowest BCUT2D eigenvalue weighted by Gasteiger charge is -2.31. The van der Waals surface area contributed by atoms with Crippen LogP contribution in [0.25, 0.3) is 0 Å². The van der Waals surface area contributed by atoms with E-state index >= 15 is 0 Å². The number of benzene rings is 1. The van der Waals surface area contributed by atoms with Crippen LogP contribution in [-0.2, 0) is 9.59 Å². The summed E-state index contributed by atoms with van der Waals surface area (Å²) in [6.45, 7) is 2.90. The van der Waals surface area contributed by atoms with E-state index in [0.29, 0.717) is 5.56 Å². The number of ketones is 1. The lowest BCUT2D eigenvalue weighted by Crippen LogP contribution is -2.50. The number of hydrogen-bond donors (Lipinski definition) is 1. The number of likely N-dealkylation sites (N-methyl/N-ethyl adjacent to an activating group) is 1. The number of carbonyl (C=O) groups excluding carboxylic acids is 2. The fourth-order valence-electron chi connectivity index (χ4n) is 1.61. The molecule has 0 saturated carbocycles. The van der Waals surface area contributed by atoms with E-state index in [1.807, 2.05) is 6.07 Å². The van der Waals surface area contributed by atoms with E-state index in [1.54, 1.807) is 24.3 Å².